The van der Waals surface area contributed by atoms with E-state index in [1.54, 1.807) is 19.3 Å². The molecule has 0 aliphatic rings. The number of hydrogen-bond acceptors (Lipinski definition) is 4. The summed E-state index contributed by atoms with van der Waals surface area (Å²) in [7, 11) is 0. The third kappa shape index (κ3) is 4.03. The minimum atomic E-state index is -0.729. The molecular formula is C26H23N3O2. The lowest BCUT2D eigenvalue weighted by Crippen LogP contribution is -2.38. The lowest BCUT2D eigenvalue weighted by Gasteiger charge is -2.35. The zero-order valence-corrected chi connectivity index (χ0v) is 17.3. The molecule has 0 aliphatic carbocycles. The van der Waals surface area contributed by atoms with Crippen LogP contribution in [0.1, 0.15) is 29.4 Å². The van der Waals surface area contributed by atoms with Gasteiger partial charge in [-0.05, 0) is 29.7 Å². The third-order valence-corrected chi connectivity index (χ3v) is 5.08. The van der Waals surface area contributed by atoms with Crippen LogP contribution in [0.5, 0.6) is 0 Å². The molecule has 1 heterocycles. The van der Waals surface area contributed by atoms with Crippen LogP contribution in [0, 0.1) is 0 Å². The summed E-state index contributed by atoms with van der Waals surface area (Å²) in [6.45, 7) is 2.09. The number of rotatable bonds is 7. The van der Waals surface area contributed by atoms with Gasteiger partial charge in [-0.2, -0.15) is 5.10 Å². The number of hydrogen-bond donors (Lipinski definition) is 0. The first-order chi connectivity index (χ1) is 15.2. The fraction of sp³-hybridized carbons (Fsp3) is 0.115. The minimum Gasteiger partial charge on any atom is -0.463 e. The van der Waals surface area contributed by atoms with E-state index < -0.39 is 11.5 Å². The highest BCUT2D eigenvalue weighted by molar-refractivity contribution is 5.86. The Bertz CT molecular complexity index is 1060. The van der Waals surface area contributed by atoms with Crippen LogP contribution in [0.3, 0.4) is 0 Å². The van der Waals surface area contributed by atoms with Gasteiger partial charge in [-0.15, -0.1) is 0 Å². The summed E-state index contributed by atoms with van der Waals surface area (Å²) in [5.41, 5.74) is 2.43. The van der Waals surface area contributed by atoms with Crippen molar-refractivity contribution in [2.75, 3.05) is 6.61 Å². The van der Waals surface area contributed by atoms with E-state index in [-0.39, 0.29) is 0 Å². The van der Waals surface area contributed by atoms with Gasteiger partial charge in [-0.1, -0.05) is 91.0 Å². The van der Waals surface area contributed by atoms with Crippen LogP contribution in [-0.2, 0) is 15.1 Å². The van der Waals surface area contributed by atoms with Crippen molar-refractivity contribution in [2.45, 2.75) is 12.5 Å². The predicted molar refractivity (Wildman–Crippen MR) is 120 cm³/mol. The lowest BCUT2D eigenvalue weighted by atomic mass is 9.77. The Morgan fingerprint density at radius 2 is 1.35 bits per heavy atom. The van der Waals surface area contributed by atoms with Crippen molar-refractivity contribution in [3.8, 4) is 0 Å². The Morgan fingerprint density at radius 3 is 1.81 bits per heavy atom. The summed E-state index contributed by atoms with van der Waals surface area (Å²) in [5.74, 6) is 0.0134. The van der Waals surface area contributed by atoms with Gasteiger partial charge in [-0.3, -0.25) is 0 Å². The molecule has 0 aliphatic heterocycles. The highest BCUT2D eigenvalue weighted by Crippen LogP contribution is 2.40. The van der Waals surface area contributed by atoms with Crippen molar-refractivity contribution in [2.24, 2.45) is 0 Å². The molecule has 0 saturated heterocycles. The van der Waals surface area contributed by atoms with Gasteiger partial charge in [0.15, 0.2) is 5.82 Å². The maximum absolute atomic E-state index is 11.7. The fourth-order valence-electron chi connectivity index (χ4n) is 3.78. The summed E-state index contributed by atoms with van der Waals surface area (Å²) in [4.78, 5) is 16.2. The van der Waals surface area contributed by atoms with Crippen molar-refractivity contribution >= 4 is 12.0 Å². The summed E-state index contributed by atoms with van der Waals surface area (Å²) < 4.78 is 6.82. The molecule has 5 nitrogen and oxygen atoms in total. The predicted octanol–water partition coefficient (Wildman–Crippen LogP) is 4.69. The number of ether oxygens (including phenoxy) is 1. The van der Waals surface area contributed by atoms with Gasteiger partial charge in [0.2, 0.25) is 0 Å². The average Bonchev–Trinajstić information content (AvgIpc) is 3.30. The van der Waals surface area contributed by atoms with Gasteiger partial charge in [0.05, 0.1) is 6.61 Å². The van der Waals surface area contributed by atoms with Gasteiger partial charge in [-0.25, -0.2) is 14.5 Å². The number of carbonyl (C=O) groups excluding carboxylic acids is 1. The van der Waals surface area contributed by atoms with E-state index in [1.165, 1.54) is 6.08 Å². The second-order valence-corrected chi connectivity index (χ2v) is 6.94. The smallest absolute Gasteiger partial charge is 0.330 e. The standard InChI is InChI=1S/C26H23N3O2/c1-2-31-25(30)19-18-24-27-20-29(28-24)26(21-12-6-3-7-13-21,22-14-8-4-9-15-22)23-16-10-5-11-17-23/h3-20H,2H2,1H3/b19-18+. The molecule has 4 aromatic rings. The molecule has 0 spiro atoms. The average molecular weight is 409 g/mol. The van der Waals surface area contributed by atoms with E-state index in [9.17, 15) is 4.79 Å². The molecule has 0 atom stereocenters. The van der Waals surface area contributed by atoms with Gasteiger partial charge in [0.1, 0.15) is 11.9 Å². The molecule has 0 amide bonds. The number of carbonyl (C=O) groups is 1. The van der Waals surface area contributed by atoms with Crippen LogP contribution in [0.25, 0.3) is 6.08 Å². The van der Waals surface area contributed by atoms with Crippen molar-refractivity contribution < 1.29 is 9.53 Å². The van der Waals surface area contributed by atoms with Gasteiger partial charge >= 0.3 is 5.97 Å². The molecule has 0 bridgehead atoms. The summed E-state index contributed by atoms with van der Waals surface area (Å²) >= 11 is 0. The van der Waals surface area contributed by atoms with E-state index in [1.807, 2.05) is 59.3 Å². The van der Waals surface area contributed by atoms with Crippen LogP contribution in [0.15, 0.2) is 103 Å². The molecule has 0 unspecified atom stereocenters. The maximum atomic E-state index is 11.7. The Morgan fingerprint density at radius 1 is 0.871 bits per heavy atom. The molecule has 0 radical (unpaired) electrons. The van der Waals surface area contributed by atoms with Crippen molar-refractivity contribution in [3.05, 3.63) is 126 Å². The number of nitrogens with zero attached hydrogens (tertiary/aromatic N) is 3. The quantitative estimate of drug-likeness (QED) is 0.252. The summed E-state index contributed by atoms with van der Waals surface area (Å²) in [6, 6.07) is 30.7. The zero-order chi connectivity index (χ0) is 21.5. The highest BCUT2D eigenvalue weighted by atomic mass is 16.5. The first-order valence-electron chi connectivity index (χ1n) is 10.2. The minimum absolute atomic E-state index is 0.324. The Kier molecular flexibility index (Phi) is 6.03. The lowest BCUT2D eigenvalue weighted by molar-refractivity contribution is -0.137. The van der Waals surface area contributed by atoms with Crippen LogP contribution < -0.4 is 0 Å². The molecular weight excluding hydrogens is 386 g/mol. The number of benzene rings is 3. The van der Waals surface area contributed by atoms with E-state index in [2.05, 4.69) is 41.4 Å². The second-order valence-electron chi connectivity index (χ2n) is 6.94. The van der Waals surface area contributed by atoms with Crippen LogP contribution in [0.2, 0.25) is 0 Å². The number of aromatic nitrogens is 3. The highest BCUT2D eigenvalue weighted by Gasteiger charge is 2.39. The topological polar surface area (TPSA) is 57.0 Å². The van der Waals surface area contributed by atoms with Gasteiger partial charge < -0.3 is 4.74 Å². The van der Waals surface area contributed by atoms with Gasteiger partial charge in [0.25, 0.3) is 0 Å². The SMILES string of the molecule is CCOC(=O)/C=C/c1ncn(C(c2ccccc2)(c2ccccc2)c2ccccc2)n1. The molecule has 31 heavy (non-hydrogen) atoms. The molecule has 154 valence electrons. The van der Waals surface area contributed by atoms with Crippen LogP contribution >= 0.6 is 0 Å². The molecule has 5 heteroatoms. The van der Waals surface area contributed by atoms with E-state index >= 15 is 0 Å². The van der Waals surface area contributed by atoms with Crippen molar-refractivity contribution in [1.82, 2.24) is 14.8 Å². The zero-order valence-electron chi connectivity index (χ0n) is 17.3. The monoisotopic (exact) mass is 409 g/mol. The molecule has 3 aromatic carbocycles. The maximum Gasteiger partial charge on any atom is 0.330 e. The first-order valence-corrected chi connectivity index (χ1v) is 10.2. The van der Waals surface area contributed by atoms with E-state index in [4.69, 9.17) is 9.84 Å². The van der Waals surface area contributed by atoms with Crippen molar-refractivity contribution in [3.63, 3.8) is 0 Å². The largest absolute Gasteiger partial charge is 0.463 e. The van der Waals surface area contributed by atoms with Crippen LogP contribution in [0.4, 0.5) is 0 Å². The summed E-state index contributed by atoms with van der Waals surface area (Å²) in [6.07, 6.45) is 4.62. The molecule has 0 saturated carbocycles. The molecule has 0 N–H and O–H groups in total. The first kappa shape index (κ1) is 20.3. The molecule has 0 fully saturated rings. The Balaban J connectivity index is 1.93. The normalized spacial score (nSPS) is 11.5. The van der Waals surface area contributed by atoms with Crippen LogP contribution in [-0.4, -0.2) is 27.3 Å². The molecule has 1 aromatic heterocycles. The van der Waals surface area contributed by atoms with E-state index in [0.29, 0.717) is 12.4 Å². The van der Waals surface area contributed by atoms with Crippen molar-refractivity contribution in [1.29, 1.82) is 0 Å². The third-order valence-electron chi connectivity index (χ3n) is 5.08. The second kappa shape index (κ2) is 9.22. The van der Waals surface area contributed by atoms with Gasteiger partial charge in [0, 0.05) is 6.08 Å². The summed E-state index contributed by atoms with van der Waals surface area (Å²) in [5, 5.41) is 4.75. The number of esters is 1. The van der Waals surface area contributed by atoms with E-state index in [0.717, 1.165) is 16.7 Å². The Hall–Kier alpha value is -3.99. The fourth-order valence-corrected chi connectivity index (χ4v) is 3.78. The Labute approximate surface area is 181 Å². The molecule has 4 rings (SSSR count).